The molecule has 0 aliphatic carbocycles. The normalized spacial score (nSPS) is 14.9. The zero-order chi connectivity index (χ0) is 23.5. The van der Waals surface area contributed by atoms with Crippen molar-refractivity contribution in [2.45, 2.75) is 12.4 Å². The third-order valence-electron chi connectivity index (χ3n) is 4.95. The highest BCUT2D eigenvalue weighted by atomic mass is 19.4. The van der Waals surface area contributed by atoms with Gasteiger partial charge in [-0.1, -0.05) is 18.2 Å². The highest BCUT2D eigenvalue weighted by Gasteiger charge is 2.35. The van der Waals surface area contributed by atoms with E-state index in [0.717, 1.165) is 30.3 Å². The maximum atomic E-state index is 13.0. The van der Waals surface area contributed by atoms with Crippen LogP contribution in [0.15, 0.2) is 48.5 Å². The maximum absolute atomic E-state index is 13.0. The Morgan fingerprint density at radius 1 is 0.844 bits per heavy atom. The third kappa shape index (κ3) is 5.51. The summed E-state index contributed by atoms with van der Waals surface area (Å²) in [5.74, 6) is -1.87. The van der Waals surface area contributed by atoms with Gasteiger partial charge in [0, 0.05) is 31.9 Å². The number of alkyl halides is 6. The summed E-state index contributed by atoms with van der Waals surface area (Å²) >= 11 is 0. The highest BCUT2D eigenvalue weighted by molar-refractivity contribution is 5.93. The monoisotopic (exact) mass is 460 g/mol. The molecule has 0 bridgehead atoms. The topological polar surface area (TPSA) is 49.9 Å². The molecule has 1 aliphatic rings. The molecule has 32 heavy (non-hydrogen) atoms. The number of piperazine rings is 1. The average Bonchev–Trinajstić information content (AvgIpc) is 2.76. The lowest BCUT2D eigenvalue weighted by atomic mass is 10.1. The fraction of sp³-hybridized carbons (Fsp3) is 0.333. The van der Waals surface area contributed by atoms with Crippen LogP contribution in [0.4, 0.5) is 32.0 Å². The number of ether oxygens (including phenoxy) is 1. The van der Waals surface area contributed by atoms with Crippen LogP contribution in [0.2, 0.25) is 0 Å². The molecule has 0 spiro atoms. The zero-order valence-corrected chi connectivity index (χ0v) is 16.5. The van der Waals surface area contributed by atoms with E-state index in [-0.39, 0.29) is 26.2 Å². The van der Waals surface area contributed by atoms with Gasteiger partial charge in [-0.2, -0.15) is 26.3 Å². The molecule has 0 atom stereocenters. The van der Waals surface area contributed by atoms with E-state index in [0.29, 0.717) is 5.69 Å². The predicted molar refractivity (Wildman–Crippen MR) is 102 cm³/mol. The van der Waals surface area contributed by atoms with Gasteiger partial charge in [0.1, 0.15) is 0 Å². The summed E-state index contributed by atoms with van der Waals surface area (Å²) in [6.45, 7) is 0.0714. The second kappa shape index (κ2) is 9.09. The number of carbonyl (C=O) groups is 2. The molecule has 3 rings (SSSR count). The Balaban J connectivity index is 1.55. The quantitative estimate of drug-likeness (QED) is 0.506. The molecule has 0 radical (unpaired) electrons. The molecular formula is C21H18F6N2O3. The summed E-state index contributed by atoms with van der Waals surface area (Å²) in [5, 5.41) is 0. The first-order valence-corrected chi connectivity index (χ1v) is 9.50. The van der Waals surface area contributed by atoms with Crippen molar-refractivity contribution in [3.8, 4) is 0 Å². The van der Waals surface area contributed by atoms with Gasteiger partial charge in [0.05, 0.1) is 16.7 Å². The Hall–Kier alpha value is -3.24. The fourth-order valence-electron chi connectivity index (χ4n) is 3.30. The number of esters is 1. The molecule has 1 saturated heterocycles. The predicted octanol–water partition coefficient (Wildman–Crippen LogP) is 4.23. The molecule has 11 heteroatoms. The zero-order valence-electron chi connectivity index (χ0n) is 16.5. The van der Waals surface area contributed by atoms with Crippen LogP contribution in [0.1, 0.15) is 21.5 Å². The van der Waals surface area contributed by atoms with E-state index >= 15 is 0 Å². The van der Waals surface area contributed by atoms with Gasteiger partial charge in [0.2, 0.25) is 0 Å². The Kier molecular flexibility index (Phi) is 6.65. The Morgan fingerprint density at radius 3 is 2.12 bits per heavy atom. The van der Waals surface area contributed by atoms with Crippen molar-refractivity contribution in [1.29, 1.82) is 0 Å². The second-order valence-corrected chi connectivity index (χ2v) is 7.04. The number of anilines is 1. The summed E-state index contributed by atoms with van der Waals surface area (Å²) in [4.78, 5) is 27.4. The first kappa shape index (κ1) is 23.4. The molecule has 5 nitrogen and oxygen atoms in total. The maximum Gasteiger partial charge on any atom is 0.417 e. The fourth-order valence-corrected chi connectivity index (χ4v) is 3.30. The lowest BCUT2D eigenvalue weighted by Gasteiger charge is -2.36. The first-order valence-electron chi connectivity index (χ1n) is 9.50. The first-order chi connectivity index (χ1) is 15.0. The summed E-state index contributed by atoms with van der Waals surface area (Å²) in [5.41, 5.74) is -2.27. The van der Waals surface area contributed by atoms with Gasteiger partial charge in [-0.25, -0.2) is 4.79 Å². The van der Waals surface area contributed by atoms with Crippen LogP contribution < -0.4 is 4.90 Å². The Labute approximate surface area is 179 Å². The number of hydrogen-bond donors (Lipinski definition) is 0. The van der Waals surface area contributed by atoms with Gasteiger partial charge < -0.3 is 14.5 Å². The van der Waals surface area contributed by atoms with E-state index in [1.165, 1.54) is 23.1 Å². The van der Waals surface area contributed by atoms with E-state index < -0.39 is 47.5 Å². The highest BCUT2D eigenvalue weighted by Crippen LogP contribution is 2.33. The lowest BCUT2D eigenvalue weighted by Crippen LogP contribution is -2.50. The minimum absolute atomic E-state index is 0.158. The summed E-state index contributed by atoms with van der Waals surface area (Å²) in [7, 11) is 0. The van der Waals surface area contributed by atoms with Crippen LogP contribution in [-0.4, -0.2) is 49.6 Å². The number of hydrogen-bond acceptors (Lipinski definition) is 4. The standard InChI is InChI=1S/C21H18F6N2O3/c22-20(23,24)14-4-3-5-15(12-14)28-8-10-29(11-9-28)18(30)13-32-19(31)16-6-1-2-7-17(16)21(25,26)27/h1-7,12H,8-11,13H2. The van der Waals surface area contributed by atoms with Crippen molar-refractivity contribution >= 4 is 17.6 Å². The molecule has 172 valence electrons. The largest absolute Gasteiger partial charge is 0.452 e. The Bertz CT molecular complexity index is 982. The number of amides is 1. The second-order valence-electron chi connectivity index (χ2n) is 7.04. The summed E-state index contributed by atoms with van der Waals surface area (Å²) in [6.07, 6.45) is -9.22. The molecule has 2 aromatic rings. The van der Waals surface area contributed by atoms with Crippen LogP contribution in [0.3, 0.4) is 0 Å². The van der Waals surface area contributed by atoms with Crippen LogP contribution >= 0.6 is 0 Å². The van der Waals surface area contributed by atoms with Crippen molar-refractivity contribution in [3.63, 3.8) is 0 Å². The molecular weight excluding hydrogens is 442 g/mol. The van der Waals surface area contributed by atoms with E-state index in [2.05, 4.69) is 0 Å². The number of nitrogens with zero attached hydrogens (tertiary/aromatic N) is 2. The van der Waals surface area contributed by atoms with Gasteiger partial charge in [-0.3, -0.25) is 4.79 Å². The van der Waals surface area contributed by atoms with Gasteiger partial charge in [0.15, 0.2) is 6.61 Å². The average molecular weight is 460 g/mol. The number of benzene rings is 2. The van der Waals surface area contributed by atoms with Crippen LogP contribution in [0, 0.1) is 0 Å². The number of rotatable bonds is 4. The van der Waals surface area contributed by atoms with E-state index in [1.807, 2.05) is 0 Å². The smallest absolute Gasteiger partial charge is 0.417 e. The molecule has 1 amide bonds. The van der Waals surface area contributed by atoms with Gasteiger partial charge in [0.25, 0.3) is 5.91 Å². The van der Waals surface area contributed by atoms with E-state index in [4.69, 9.17) is 4.74 Å². The van der Waals surface area contributed by atoms with Crippen LogP contribution in [0.5, 0.6) is 0 Å². The SMILES string of the molecule is O=C(OCC(=O)N1CCN(c2cccc(C(F)(F)F)c2)CC1)c1ccccc1C(F)(F)F. The third-order valence-corrected chi connectivity index (χ3v) is 4.95. The lowest BCUT2D eigenvalue weighted by molar-refractivity contribution is -0.138. The van der Waals surface area contributed by atoms with Crippen molar-refractivity contribution < 1.29 is 40.7 Å². The molecule has 2 aromatic carbocycles. The Morgan fingerprint density at radius 2 is 1.50 bits per heavy atom. The van der Waals surface area contributed by atoms with E-state index in [1.54, 1.807) is 4.90 Å². The number of halogens is 6. The molecule has 0 aromatic heterocycles. The van der Waals surface area contributed by atoms with Crippen molar-refractivity contribution in [3.05, 3.63) is 65.2 Å². The van der Waals surface area contributed by atoms with Crippen LogP contribution in [-0.2, 0) is 21.9 Å². The van der Waals surface area contributed by atoms with Crippen LogP contribution in [0.25, 0.3) is 0 Å². The minimum atomic E-state index is -4.75. The van der Waals surface area contributed by atoms with Crippen molar-refractivity contribution in [1.82, 2.24) is 4.90 Å². The molecule has 1 heterocycles. The molecule has 0 N–H and O–H groups in total. The molecule has 1 aliphatic heterocycles. The van der Waals surface area contributed by atoms with E-state index in [9.17, 15) is 35.9 Å². The van der Waals surface area contributed by atoms with Gasteiger partial charge in [-0.05, 0) is 30.3 Å². The molecule has 0 unspecified atom stereocenters. The minimum Gasteiger partial charge on any atom is -0.452 e. The molecule has 0 saturated carbocycles. The number of carbonyl (C=O) groups excluding carboxylic acids is 2. The molecule has 1 fully saturated rings. The van der Waals surface area contributed by atoms with Gasteiger partial charge >= 0.3 is 18.3 Å². The van der Waals surface area contributed by atoms with Crippen molar-refractivity contribution in [2.75, 3.05) is 37.7 Å². The van der Waals surface area contributed by atoms with Gasteiger partial charge in [-0.15, -0.1) is 0 Å². The van der Waals surface area contributed by atoms with Crippen molar-refractivity contribution in [2.24, 2.45) is 0 Å². The summed E-state index contributed by atoms with van der Waals surface area (Å²) < 4.78 is 82.5. The summed E-state index contributed by atoms with van der Waals surface area (Å²) in [6, 6.07) is 8.91.